The van der Waals surface area contributed by atoms with Gasteiger partial charge >= 0.3 is 11.9 Å². The van der Waals surface area contributed by atoms with Gasteiger partial charge in [-0.25, -0.2) is 4.79 Å². The molecule has 0 rings (SSSR count). The van der Waals surface area contributed by atoms with Gasteiger partial charge in [0.05, 0.1) is 6.04 Å². The van der Waals surface area contributed by atoms with Gasteiger partial charge in [0.15, 0.2) is 5.96 Å². The van der Waals surface area contributed by atoms with E-state index in [-0.39, 0.29) is 38.2 Å². The van der Waals surface area contributed by atoms with Crippen molar-refractivity contribution in [1.29, 1.82) is 0 Å². The van der Waals surface area contributed by atoms with Crippen LogP contribution < -0.4 is 33.2 Å². The highest BCUT2D eigenvalue weighted by atomic mass is 32.2. The zero-order chi connectivity index (χ0) is 26.3. The first-order valence-electron chi connectivity index (χ1n) is 10.5. The van der Waals surface area contributed by atoms with Crippen LogP contribution in [0.2, 0.25) is 0 Å². The van der Waals surface area contributed by atoms with Gasteiger partial charge in [0.25, 0.3) is 0 Å². The number of aliphatic imine (C=N–C) groups is 1. The molecule has 0 aromatic rings. The number of nitrogens with zero attached hydrogens (tertiary/aromatic N) is 1. The summed E-state index contributed by atoms with van der Waals surface area (Å²) < 4.78 is 0. The van der Waals surface area contributed by atoms with Crippen LogP contribution in [0.1, 0.15) is 39.0 Å². The monoisotopic (exact) mass is 505 g/mol. The van der Waals surface area contributed by atoms with Crippen LogP contribution in [0.5, 0.6) is 0 Å². The molecule has 0 saturated carbocycles. The zero-order valence-electron chi connectivity index (χ0n) is 19.3. The van der Waals surface area contributed by atoms with Crippen LogP contribution in [0.25, 0.3) is 0 Å². The second-order valence-corrected chi connectivity index (χ2v) is 8.45. The van der Waals surface area contributed by atoms with Crippen LogP contribution in [-0.4, -0.2) is 88.6 Å². The minimum atomic E-state index is -1.20. The van der Waals surface area contributed by atoms with E-state index >= 15 is 0 Å². The van der Waals surface area contributed by atoms with Gasteiger partial charge in [0.1, 0.15) is 18.1 Å². The number of aliphatic carboxylic acids is 2. The molecule has 0 aromatic carbocycles. The molecule has 0 aliphatic rings. The van der Waals surface area contributed by atoms with Crippen LogP contribution in [0.15, 0.2) is 4.99 Å². The van der Waals surface area contributed by atoms with Gasteiger partial charge in [-0.2, -0.15) is 11.8 Å². The Morgan fingerprint density at radius 3 is 2.06 bits per heavy atom. The van der Waals surface area contributed by atoms with Gasteiger partial charge in [-0.15, -0.1) is 0 Å². The number of nitrogens with one attached hydrogen (secondary N) is 3. The molecule has 194 valence electrons. The van der Waals surface area contributed by atoms with E-state index in [1.165, 1.54) is 18.7 Å². The standard InChI is InChI=1S/C19H35N7O7S/c1-10(24-16(30)11(20)5-6-14(27)28)15(29)25-12(4-3-8-23-19(21)22)17(31)26-13(18(32)33)7-9-34-2/h10-13H,3-9,20H2,1-2H3,(H,24,30)(H,25,29)(H,26,31)(H,27,28)(H,32,33)(H4,21,22,23). The maximum absolute atomic E-state index is 12.7. The Balaban J connectivity index is 5.19. The lowest BCUT2D eigenvalue weighted by molar-refractivity contribution is -0.142. The minimum Gasteiger partial charge on any atom is -0.481 e. The van der Waals surface area contributed by atoms with Crippen molar-refractivity contribution in [3.63, 3.8) is 0 Å². The van der Waals surface area contributed by atoms with Crippen molar-refractivity contribution in [2.75, 3.05) is 18.6 Å². The second kappa shape index (κ2) is 16.5. The van der Waals surface area contributed by atoms with Gasteiger partial charge in [0, 0.05) is 13.0 Å². The molecular weight excluding hydrogens is 470 g/mol. The summed E-state index contributed by atoms with van der Waals surface area (Å²) in [5.41, 5.74) is 16.2. The molecule has 0 heterocycles. The summed E-state index contributed by atoms with van der Waals surface area (Å²) in [6, 6.07) is -4.47. The average molecular weight is 506 g/mol. The Morgan fingerprint density at radius 1 is 0.912 bits per heavy atom. The van der Waals surface area contributed by atoms with Crippen molar-refractivity contribution >= 4 is 47.4 Å². The summed E-state index contributed by atoms with van der Waals surface area (Å²) in [6.07, 6.45) is 1.97. The summed E-state index contributed by atoms with van der Waals surface area (Å²) >= 11 is 1.42. The number of carboxylic acid groups (broad SMARTS) is 2. The van der Waals surface area contributed by atoms with E-state index in [1.54, 1.807) is 6.26 Å². The molecule has 0 spiro atoms. The van der Waals surface area contributed by atoms with E-state index in [0.29, 0.717) is 12.2 Å². The topological polar surface area (TPSA) is 252 Å². The molecule has 34 heavy (non-hydrogen) atoms. The van der Waals surface area contributed by atoms with Gasteiger partial charge in [-0.05, 0) is 44.6 Å². The fourth-order valence-electron chi connectivity index (χ4n) is 2.63. The fourth-order valence-corrected chi connectivity index (χ4v) is 3.10. The average Bonchev–Trinajstić information content (AvgIpc) is 2.75. The minimum absolute atomic E-state index is 0.0992. The fraction of sp³-hybridized carbons (Fsp3) is 0.684. The van der Waals surface area contributed by atoms with Crippen LogP contribution >= 0.6 is 11.8 Å². The van der Waals surface area contributed by atoms with E-state index in [1.807, 2.05) is 0 Å². The van der Waals surface area contributed by atoms with E-state index in [9.17, 15) is 29.1 Å². The molecular formula is C19H35N7O7S. The molecule has 11 N–H and O–H groups in total. The predicted molar refractivity (Wildman–Crippen MR) is 127 cm³/mol. The number of carbonyl (C=O) groups excluding carboxylic acids is 3. The maximum atomic E-state index is 12.7. The van der Waals surface area contributed by atoms with Crippen LogP contribution in [0.3, 0.4) is 0 Å². The molecule has 0 aliphatic carbocycles. The number of hydrogen-bond donors (Lipinski definition) is 8. The van der Waals surface area contributed by atoms with Crippen molar-refractivity contribution < 1.29 is 34.2 Å². The Kier molecular flexibility index (Phi) is 15.0. The Hall–Kier alpha value is -3.07. The number of thioether (sulfide) groups is 1. The summed E-state index contributed by atoms with van der Waals surface area (Å²) in [5, 5.41) is 25.3. The Bertz CT molecular complexity index is 747. The third-order valence-corrected chi connectivity index (χ3v) is 5.21. The summed E-state index contributed by atoms with van der Waals surface area (Å²) in [6.45, 7) is 1.55. The Morgan fingerprint density at radius 2 is 1.53 bits per heavy atom. The number of nitrogens with two attached hydrogens (primary N) is 3. The summed E-state index contributed by atoms with van der Waals surface area (Å²) in [5.74, 6) is -4.08. The molecule has 15 heteroatoms. The van der Waals surface area contributed by atoms with E-state index in [0.717, 1.165) is 0 Å². The number of hydrogen-bond acceptors (Lipinski definition) is 8. The molecule has 3 amide bonds. The molecule has 0 fully saturated rings. The highest BCUT2D eigenvalue weighted by molar-refractivity contribution is 7.98. The van der Waals surface area contributed by atoms with Crippen molar-refractivity contribution in [3.8, 4) is 0 Å². The van der Waals surface area contributed by atoms with E-state index in [4.69, 9.17) is 22.3 Å². The zero-order valence-corrected chi connectivity index (χ0v) is 20.1. The molecule has 14 nitrogen and oxygen atoms in total. The molecule has 0 aromatic heterocycles. The first-order valence-corrected chi connectivity index (χ1v) is 11.9. The highest BCUT2D eigenvalue weighted by Crippen LogP contribution is 2.05. The van der Waals surface area contributed by atoms with Gasteiger partial charge in [-0.1, -0.05) is 0 Å². The molecule has 4 unspecified atom stereocenters. The van der Waals surface area contributed by atoms with Crippen LogP contribution in [0, 0.1) is 0 Å². The lowest BCUT2D eigenvalue weighted by atomic mass is 10.1. The maximum Gasteiger partial charge on any atom is 0.326 e. The molecule has 0 saturated heterocycles. The SMILES string of the molecule is CSCCC(NC(=O)C(CCCN=C(N)N)NC(=O)C(C)NC(=O)C(N)CCC(=O)O)C(=O)O. The van der Waals surface area contributed by atoms with E-state index < -0.39 is 53.8 Å². The Labute approximate surface area is 201 Å². The van der Waals surface area contributed by atoms with Crippen molar-refractivity contribution in [2.45, 2.75) is 63.2 Å². The summed E-state index contributed by atoms with van der Waals surface area (Å²) in [7, 11) is 0. The van der Waals surface area contributed by atoms with Crippen molar-refractivity contribution in [2.24, 2.45) is 22.2 Å². The van der Waals surface area contributed by atoms with E-state index in [2.05, 4.69) is 20.9 Å². The number of carbonyl (C=O) groups is 5. The summed E-state index contributed by atoms with van der Waals surface area (Å²) in [4.78, 5) is 63.3. The van der Waals surface area contributed by atoms with Crippen molar-refractivity contribution in [3.05, 3.63) is 0 Å². The second-order valence-electron chi connectivity index (χ2n) is 7.46. The smallest absolute Gasteiger partial charge is 0.326 e. The molecule has 0 aliphatic heterocycles. The quantitative estimate of drug-likeness (QED) is 0.0584. The number of guanidine groups is 1. The number of amides is 3. The lowest BCUT2D eigenvalue weighted by Gasteiger charge is -2.23. The van der Waals surface area contributed by atoms with Gasteiger partial charge in [-0.3, -0.25) is 24.2 Å². The first kappa shape index (κ1) is 30.9. The molecule has 4 atom stereocenters. The molecule has 0 bridgehead atoms. The number of carboxylic acids is 2. The lowest BCUT2D eigenvalue weighted by Crippen LogP contribution is -2.56. The largest absolute Gasteiger partial charge is 0.481 e. The first-order chi connectivity index (χ1) is 15.9. The number of rotatable bonds is 17. The van der Waals surface area contributed by atoms with Crippen LogP contribution in [0.4, 0.5) is 0 Å². The normalized spacial score (nSPS) is 14.1. The highest BCUT2D eigenvalue weighted by Gasteiger charge is 2.28. The third kappa shape index (κ3) is 13.5. The third-order valence-electron chi connectivity index (χ3n) is 4.56. The van der Waals surface area contributed by atoms with Gasteiger partial charge in [0.2, 0.25) is 17.7 Å². The van der Waals surface area contributed by atoms with Gasteiger partial charge < -0.3 is 43.4 Å². The van der Waals surface area contributed by atoms with Crippen molar-refractivity contribution in [1.82, 2.24) is 16.0 Å². The predicted octanol–water partition coefficient (Wildman–Crippen LogP) is -2.46. The molecule has 0 radical (unpaired) electrons. The van der Waals surface area contributed by atoms with Crippen LogP contribution in [-0.2, 0) is 24.0 Å².